The molecule has 5 rings (SSSR count). The fourth-order valence-corrected chi connectivity index (χ4v) is 6.63. The van der Waals surface area contributed by atoms with Crippen molar-refractivity contribution in [1.82, 2.24) is 0 Å². The zero-order chi connectivity index (χ0) is 14.0. The van der Waals surface area contributed by atoms with Crippen molar-refractivity contribution in [1.29, 1.82) is 0 Å². The van der Waals surface area contributed by atoms with Gasteiger partial charge < -0.3 is 5.73 Å². The fourth-order valence-electron chi connectivity index (χ4n) is 6.63. The lowest BCUT2D eigenvalue weighted by atomic mass is 9.69. The van der Waals surface area contributed by atoms with E-state index in [2.05, 4.69) is 18.2 Å². The molecule has 1 heteroatoms. The molecular weight excluding hydrogens is 254 g/mol. The van der Waals surface area contributed by atoms with E-state index in [1.54, 1.807) is 11.1 Å². The van der Waals surface area contributed by atoms with E-state index in [9.17, 15) is 0 Å². The van der Waals surface area contributed by atoms with Crippen LogP contribution in [0.25, 0.3) is 0 Å². The molecule has 0 aromatic heterocycles. The van der Waals surface area contributed by atoms with Crippen LogP contribution in [-0.2, 0) is 19.3 Å². The van der Waals surface area contributed by atoms with Crippen LogP contribution >= 0.6 is 0 Å². The number of benzene rings is 1. The summed E-state index contributed by atoms with van der Waals surface area (Å²) in [4.78, 5) is 0. The normalized spacial score (nSPS) is 43.3. The summed E-state index contributed by atoms with van der Waals surface area (Å²) in [5.74, 6) is 3.81. The van der Waals surface area contributed by atoms with Crippen molar-refractivity contribution in [2.45, 2.75) is 63.3 Å². The summed E-state index contributed by atoms with van der Waals surface area (Å²) in [5, 5.41) is 0. The van der Waals surface area contributed by atoms with E-state index in [1.807, 2.05) is 0 Å². The first kappa shape index (κ1) is 12.7. The van der Waals surface area contributed by atoms with Gasteiger partial charge in [-0.15, -0.1) is 0 Å². The largest absolute Gasteiger partial charge is 0.325 e. The van der Waals surface area contributed by atoms with Gasteiger partial charge in [-0.1, -0.05) is 24.6 Å². The molecule has 4 aliphatic carbocycles. The highest BCUT2D eigenvalue weighted by molar-refractivity contribution is 5.36. The molecule has 0 spiro atoms. The van der Waals surface area contributed by atoms with Crippen LogP contribution in [0.4, 0.5) is 0 Å². The zero-order valence-corrected chi connectivity index (χ0v) is 13.0. The van der Waals surface area contributed by atoms with Crippen molar-refractivity contribution in [3.8, 4) is 0 Å². The van der Waals surface area contributed by atoms with Crippen LogP contribution in [0.2, 0.25) is 0 Å². The van der Waals surface area contributed by atoms with Crippen molar-refractivity contribution >= 4 is 0 Å². The van der Waals surface area contributed by atoms with E-state index < -0.39 is 0 Å². The molecule has 5 atom stereocenters. The van der Waals surface area contributed by atoms with Crippen LogP contribution in [0.3, 0.4) is 0 Å². The molecule has 0 saturated heterocycles. The number of rotatable bonds is 2. The molecule has 0 heterocycles. The number of fused-ring (bicyclic) bond motifs is 6. The number of hydrogen-bond acceptors (Lipinski definition) is 1. The fraction of sp³-hybridized carbons (Fsp3) is 0.700. The summed E-state index contributed by atoms with van der Waals surface area (Å²) in [6, 6.07) is 7.23. The van der Waals surface area contributed by atoms with Gasteiger partial charge in [0.15, 0.2) is 0 Å². The molecule has 3 fully saturated rings. The lowest BCUT2D eigenvalue weighted by Crippen LogP contribution is -2.50. The number of aryl methyl sites for hydroxylation is 2. The Kier molecular flexibility index (Phi) is 2.63. The van der Waals surface area contributed by atoms with Gasteiger partial charge in [0.25, 0.3) is 0 Å². The molecule has 0 amide bonds. The predicted molar refractivity (Wildman–Crippen MR) is 86.1 cm³/mol. The molecule has 1 aromatic carbocycles. The second-order valence-electron chi connectivity index (χ2n) is 8.43. The SMILES string of the molecule is NC1(Cc2ccc3c(c2)CCC3)CC2CC1C1CCCC21. The first-order valence-electron chi connectivity index (χ1n) is 9.12. The van der Waals surface area contributed by atoms with E-state index >= 15 is 0 Å². The highest BCUT2D eigenvalue weighted by atomic mass is 14.8. The smallest absolute Gasteiger partial charge is 0.0229 e. The molecule has 2 bridgehead atoms. The van der Waals surface area contributed by atoms with Gasteiger partial charge >= 0.3 is 0 Å². The van der Waals surface area contributed by atoms with Crippen molar-refractivity contribution in [2.75, 3.05) is 0 Å². The maximum atomic E-state index is 6.98. The molecule has 0 aliphatic heterocycles. The maximum Gasteiger partial charge on any atom is 0.0229 e. The van der Waals surface area contributed by atoms with Crippen molar-refractivity contribution in [3.05, 3.63) is 34.9 Å². The van der Waals surface area contributed by atoms with E-state index in [1.165, 1.54) is 56.9 Å². The molecule has 4 aliphatic rings. The molecule has 112 valence electrons. The lowest BCUT2D eigenvalue weighted by molar-refractivity contribution is 0.156. The van der Waals surface area contributed by atoms with E-state index in [-0.39, 0.29) is 5.54 Å². The minimum atomic E-state index is 0.114. The van der Waals surface area contributed by atoms with Crippen molar-refractivity contribution in [3.63, 3.8) is 0 Å². The van der Waals surface area contributed by atoms with Crippen LogP contribution in [0.5, 0.6) is 0 Å². The standard InChI is InChI=1S/C20H27N/c21-20(11-13-7-8-14-3-1-4-15(14)9-13)12-16-10-19(20)18-6-2-5-17(16)18/h7-9,16-19H,1-6,10-12,21H2. The summed E-state index contributed by atoms with van der Waals surface area (Å²) in [6.45, 7) is 0. The Bertz CT molecular complexity index is 577. The monoisotopic (exact) mass is 281 g/mol. The quantitative estimate of drug-likeness (QED) is 0.875. The summed E-state index contributed by atoms with van der Waals surface area (Å²) in [6.07, 6.45) is 12.2. The van der Waals surface area contributed by atoms with Gasteiger partial charge in [-0.25, -0.2) is 0 Å². The number of nitrogens with two attached hydrogens (primary N) is 1. The van der Waals surface area contributed by atoms with Crippen LogP contribution in [0.15, 0.2) is 18.2 Å². The second kappa shape index (κ2) is 4.35. The molecular formula is C20H27N. The predicted octanol–water partition coefficient (Wildman–Crippen LogP) is 3.87. The molecule has 0 radical (unpaired) electrons. The average molecular weight is 281 g/mol. The third-order valence-corrected chi connectivity index (χ3v) is 7.38. The third-order valence-electron chi connectivity index (χ3n) is 7.38. The van der Waals surface area contributed by atoms with Crippen LogP contribution < -0.4 is 5.73 Å². The van der Waals surface area contributed by atoms with Gasteiger partial charge in [0.1, 0.15) is 0 Å². The van der Waals surface area contributed by atoms with E-state index in [4.69, 9.17) is 5.73 Å². The Morgan fingerprint density at radius 3 is 2.86 bits per heavy atom. The maximum absolute atomic E-state index is 6.98. The minimum Gasteiger partial charge on any atom is -0.325 e. The van der Waals surface area contributed by atoms with Crippen molar-refractivity contribution < 1.29 is 0 Å². The zero-order valence-electron chi connectivity index (χ0n) is 13.0. The Labute approximate surface area is 128 Å². The van der Waals surface area contributed by atoms with Crippen LogP contribution in [-0.4, -0.2) is 5.54 Å². The van der Waals surface area contributed by atoms with Crippen LogP contribution in [0, 0.1) is 23.7 Å². The summed E-state index contributed by atoms with van der Waals surface area (Å²) in [5.41, 5.74) is 11.8. The second-order valence-corrected chi connectivity index (χ2v) is 8.43. The van der Waals surface area contributed by atoms with Gasteiger partial charge in [-0.3, -0.25) is 0 Å². The van der Waals surface area contributed by atoms with Gasteiger partial charge in [0, 0.05) is 5.54 Å². The van der Waals surface area contributed by atoms with E-state index in [0.29, 0.717) is 0 Å². The molecule has 1 aromatic rings. The lowest BCUT2D eigenvalue weighted by Gasteiger charge is -2.40. The highest BCUT2D eigenvalue weighted by Gasteiger charge is 2.59. The van der Waals surface area contributed by atoms with Gasteiger partial charge in [0.2, 0.25) is 0 Å². The summed E-state index contributed by atoms with van der Waals surface area (Å²) in [7, 11) is 0. The Hall–Kier alpha value is -0.820. The van der Waals surface area contributed by atoms with E-state index in [0.717, 1.165) is 30.1 Å². The Morgan fingerprint density at radius 2 is 1.90 bits per heavy atom. The summed E-state index contributed by atoms with van der Waals surface area (Å²) >= 11 is 0. The van der Waals surface area contributed by atoms with Gasteiger partial charge in [0.05, 0.1) is 0 Å². The first-order chi connectivity index (χ1) is 10.2. The highest BCUT2D eigenvalue weighted by Crippen LogP contribution is 2.62. The minimum absolute atomic E-state index is 0.114. The first-order valence-corrected chi connectivity index (χ1v) is 9.12. The van der Waals surface area contributed by atoms with Gasteiger partial charge in [-0.2, -0.15) is 0 Å². The third kappa shape index (κ3) is 1.79. The van der Waals surface area contributed by atoms with Crippen LogP contribution in [0.1, 0.15) is 55.2 Å². The summed E-state index contributed by atoms with van der Waals surface area (Å²) < 4.78 is 0. The average Bonchev–Trinajstić information content (AvgIpc) is 3.17. The molecule has 1 nitrogen and oxygen atoms in total. The molecule has 3 saturated carbocycles. The molecule has 2 N–H and O–H groups in total. The number of hydrogen-bond donors (Lipinski definition) is 1. The molecule has 21 heavy (non-hydrogen) atoms. The topological polar surface area (TPSA) is 26.0 Å². The Morgan fingerprint density at radius 1 is 1.05 bits per heavy atom. The van der Waals surface area contributed by atoms with Crippen molar-refractivity contribution in [2.24, 2.45) is 29.4 Å². The molecule has 5 unspecified atom stereocenters. The Balaban J connectivity index is 1.41. The van der Waals surface area contributed by atoms with Gasteiger partial charge in [-0.05, 0) is 91.7 Å².